The Kier molecular flexibility index (Phi) is 5.30. The molecule has 0 radical (unpaired) electrons. The second-order valence-corrected chi connectivity index (χ2v) is 6.66. The third kappa shape index (κ3) is 4.76. The van der Waals surface area contributed by atoms with Crippen LogP contribution >= 0.6 is 0 Å². The van der Waals surface area contributed by atoms with E-state index in [2.05, 4.69) is 9.56 Å². The topological polar surface area (TPSA) is 98.5 Å². The van der Waals surface area contributed by atoms with Crippen LogP contribution in [0, 0.1) is 17.0 Å². The van der Waals surface area contributed by atoms with Gasteiger partial charge >= 0.3 is 0 Å². The van der Waals surface area contributed by atoms with Gasteiger partial charge in [-0.1, -0.05) is 48.0 Å². The van der Waals surface area contributed by atoms with Crippen molar-refractivity contribution in [3.05, 3.63) is 75.8 Å². The van der Waals surface area contributed by atoms with Crippen molar-refractivity contribution < 1.29 is 18.3 Å². The van der Waals surface area contributed by atoms with Gasteiger partial charge in [0, 0.05) is 6.54 Å². The van der Waals surface area contributed by atoms with Crippen molar-refractivity contribution in [1.29, 1.82) is 0 Å². The Morgan fingerprint density at radius 2 is 1.74 bits per heavy atom. The van der Waals surface area contributed by atoms with Crippen LogP contribution < -0.4 is 4.72 Å². The molecule has 0 saturated carbocycles. The maximum atomic E-state index is 12.2. The Morgan fingerprint density at radius 3 is 2.30 bits per heavy atom. The molecule has 0 fully saturated rings. The van der Waals surface area contributed by atoms with Crippen molar-refractivity contribution in [3.63, 3.8) is 0 Å². The molecule has 0 aliphatic heterocycles. The van der Waals surface area contributed by atoms with Crippen LogP contribution in [0.1, 0.15) is 17.2 Å². The van der Waals surface area contributed by atoms with Crippen LogP contribution in [0.5, 0.6) is 0 Å². The average Bonchev–Trinajstić information content (AvgIpc) is 2.52. The van der Waals surface area contributed by atoms with Gasteiger partial charge in [-0.3, -0.25) is 0 Å². The Bertz CT molecular complexity index is 760. The first-order valence-corrected chi connectivity index (χ1v) is 8.29. The average molecular weight is 336 g/mol. The summed E-state index contributed by atoms with van der Waals surface area (Å²) in [5, 5.41) is 9.69. The summed E-state index contributed by atoms with van der Waals surface area (Å²) in [6.07, 6.45) is -1.02. The van der Waals surface area contributed by atoms with Crippen molar-refractivity contribution in [2.75, 3.05) is 6.54 Å². The summed E-state index contributed by atoms with van der Waals surface area (Å²) >= 11 is 0. The molecule has 1 atom stereocenters. The second kappa shape index (κ2) is 7.21. The van der Waals surface area contributed by atoms with Crippen molar-refractivity contribution in [1.82, 2.24) is 4.72 Å². The van der Waals surface area contributed by atoms with E-state index < -0.39 is 21.2 Å². The highest BCUT2D eigenvalue weighted by molar-refractivity contribution is 7.89. The molecule has 0 aliphatic rings. The number of nitrogens with zero attached hydrogens (tertiary/aromatic N) is 1. The first-order chi connectivity index (χ1) is 10.9. The summed E-state index contributed by atoms with van der Waals surface area (Å²) in [6, 6.07) is 14.7. The van der Waals surface area contributed by atoms with E-state index in [0.717, 1.165) is 5.56 Å². The first-order valence-electron chi connectivity index (χ1n) is 6.81. The smallest absolute Gasteiger partial charge is 0.295 e. The van der Waals surface area contributed by atoms with Crippen LogP contribution in [0.3, 0.4) is 0 Å². The number of hydrogen-bond acceptors (Lipinski definition) is 5. The quantitative estimate of drug-likeness (QED) is 0.617. The van der Waals surface area contributed by atoms with Gasteiger partial charge in [0.2, 0.25) is 10.0 Å². The van der Waals surface area contributed by atoms with E-state index in [-0.39, 0.29) is 11.4 Å². The molecule has 2 aromatic carbocycles. The molecule has 2 aromatic rings. The molecule has 23 heavy (non-hydrogen) atoms. The minimum Gasteiger partial charge on any atom is -0.304 e. The minimum atomic E-state index is -3.77. The van der Waals surface area contributed by atoms with Crippen molar-refractivity contribution in [3.8, 4) is 0 Å². The lowest BCUT2D eigenvalue weighted by Crippen LogP contribution is -2.30. The molecule has 0 heterocycles. The fraction of sp³-hybridized carbons (Fsp3) is 0.200. The fourth-order valence-corrected chi connectivity index (χ4v) is 3.01. The third-order valence-corrected chi connectivity index (χ3v) is 4.61. The van der Waals surface area contributed by atoms with E-state index in [1.165, 1.54) is 12.1 Å². The molecule has 0 bridgehead atoms. The lowest BCUT2D eigenvalue weighted by molar-refractivity contribution is -0.770. The minimum absolute atomic E-state index is 0.0935. The molecule has 0 saturated heterocycles. The van der Waals surface area contributed by atoms with Gasteiger partial charge in [0.05, 0.1) is 4.90 Å². The molecule has 1 unspecified atom stereocenters. The van der Waals surface area contributed by atoms with Gasteiger partial charge in [-0.05, 0) is 24.6 Å². The van der Waals surface area contributed by atoms with E-state index in [1.54, 1.807) is 42.5 Å². The zero-order chi connectivity index (χ0) is 16.9. The van der Waals surface area contributed by atoms with Crippen LogP contribution in [-0.4, -0.2) is 20.0 Å². The molecule has 2 rings (SSSR count). The van der Waals surface area contributed by atoms with E-state index in [1.807, 2.05) is 6.92 Å². The van der Waals surface area contributed by atoms with Gasteiger partial charge in [-0.2, -0.15) is 0 Å². The Hall–Kier alpha value is -2.45. The van der Waals surface area contributed by atoms with Crippen LogP contribution in [0.25, 0.3) is 0 Å². The molecule has 0 spiro atoms. The van der Waals surface area contributed by atoms with Crippen LogP contribution in [0.4, 0.5) is 0 Å². The Morgan fingerprint density at radius 1 is 1.13 bits per heavy atom. The number of aryl methyl sites for hydroxylation is 1. The van der Waals surface area contributed by atoms with E-state index >= 15 is 0 Å². The maximum Gasteiger partial charge on any atom is 0.295 e. The predicted molar refractivity (Wildman–Crippen MR) is 83.6 cm³/mol. The van der Waals surface area contributed by atoms with Crippen LogP contribution in [0.2, 0.25) is 0 Å². The summed E-state index contributed by atoms with van der Waals surface area (Å²) in [6.45, 7) is 1.60. The summed E-state index contributed by atoms with van der Waals surface area (Å²) in [5.74, 6) is 0. The molecule has 0 amide bonds. The third-order valence-electron chi connectivity index (χ3n) is 3.17. The largest absolute Gasteiger partial charge is 0.304 e. The van der Waals surface area contributed by atoms with E-state index in [4.69, 9.17) is 0 Å². The number of benzene rings is 2. The van der Waals surface area contributed by atoms with Gasteiger partial charge in [0.25, 0.3) is 5.09 Å². The zero-order valence-corrected chi connectivity index (χ0v) is 13.2. The molecule has 0 aromatic heterocycles. The van der Waals surface area contributed by atoms with Gasteiger partial charge in [-0.15, -0.1) is 10.1 Å². The zero-order valence-electron chi connectivity index (χ0n) is 12.4. The summed E-state index contributed by atoms with van der Waals surface area (Å²) in [5.41, 5.74) is 1.44. The molecule has 122 valence electrons. The molecule has 7 nitrogen and oxygen atoms in total. The normalized spacial score (nSPS) is 12.6. The number of sulfonamides is 1. The fourth-order valence-electron chi connectivity index (χ4n) is 1.97. The Labute approximate surface area is 134 Å². The predicted octanol–water partition coefficient (Wildman–Crippen LogP) is 2.22. The number of rotatable bonds is 7. The molecule has 8 heteroatoms. The van der Waals surface area contributed by atoms with E-state index in [0.29, 0.717) is 5.56 Å². The summed E-state index contributed by atoms with van der Waals surface area (Å²) in [4.78, 5) is 15.3. The van der Waals surface area contributed by atoms with Gasteiger partial charge in [-0.25, -0.2) is 13.1 Å². The SMILES string of the molecule is Cc1ccc(S(=O)(=O)NCC(O[N+](=O)[O-])c2ccccc2)cc1. The van der Waals surface area contributed by atoms with Gasteiger partial charge in [0.1, 0.15) is 6.10 Å². The Balaban J connectivity index is 2.14. The molecule has 1 N–H and O–H groups in total. The van der Waals surface area contributed by atoms with Gasteiger partial charge < -0.3 is 4.84 Å². The highest BCUT2D eigenvalue weighted by Crippen LogP contribution is 2.18. The van der Waals surface area contributed by atoms with Crippen molar-refractivity contribution in [2.45, 2.75) is 17.9 Å². The second-order valence-electron chi connectivity index (χ2n) is 4.89. The molecule has 0 aliphatic carbocycles. The van der Waals surface area contributed by atoms with Gasteiger partial charge in [0.15, 0.2) is 0 Å². The standard InChI is InChI=1S/C15H16N2O5S/c1-12-7-9-14(10-8-12)23(20,21)16-11-15(22-17(18)19)13-5-3-2-4-6-13/h2-10,15-16H,11H2,1H3. The van der Waals surface area contributed by atoms with Crippen LogP contribution in [0.15, 0.2) is 59.5 Å². The summed E-state index contributed by atoms with van der Waals surface area (Å²) < 4.78 is 26.8. The van der Waals surface area contributed by atoms with E-state index in [9.17, 15) is 18.5 Å². The number of nitrogens with one attached hydrogen (secondary N) is 1. The van der Waals surface area contributed by atoms with Crippen molar-refractivity contribution in [2.24, 2.45) is 0 Å². The highest BCUT2D eigenvalue weighted by atomic mass is 32.2. The maximum absolute atomic E-state index is 12.2. The highest BCUT2D eigenvalue weighted by Gasteiger charge is 2.20. The summed E-state index contributed by atoms with van der Waals surface area (Å²) in [7, 11) is -3.77. The number of hydrogen-bond donors (Lipinski definition) is 1. The lowest BCUT2D eigenvalue weighted by atomic mass is 10.1. The molecular formula is C15H16N2O5S. The van der Waals surface area contributed by atoms with Crippen molar-refractivity contribution >= 4 is 10.0 Å². The molecular weight excluding hydrogens is 320 g/mol. The first kappa shape index (κ1) is 16.9. The lowest BCUT2D eigenvalue weighted by Gasteiger charge is -2.16. The monoisotopic (exact) mass is 336 g/mol. The van der Waals surface area contributed by atoms with Crippen LogP contribution in [-0.2, 0) is 14.9 Å².